The number of tetrazole rings is 1. The van der Waals surface area contributed by atoms with Gasteiger partial charge in [0.1, 0.15) is 5.78 Å². The van der Waals surface area contributed by atoms with E-state index in [0.717, 1.165) is 12.8 Å². The van der Waals surface area contributed by atoms with Gasteiger partial charge in [-0.15, -0.1) is 10.2 Å². The number of hydrogen-bond donors (Lipinski definition) is 0. The third-order valence-corrected chi connectivity index (χ3v) is 1.80. The quantitative estimate of drug-likeness (QED) is 0.665. The number of aryl methyl sites for hydroxylation is 2. The maximum Gasteiger partial charge on any atom is 0.174 e. The molecule has 0 aliphatic heterocycles. The highest BCUT2D eigenvalue weighted by atomic mass is 16.1. The van der Waals surface area contributed by atoms with E-state index in [0.29, 0.717) is 24.4 Å². The predicted octanol–water partition coefficient (Wildman–Crippen LogP) is 0.512. The average molecular weight is 182 g/mol. The molecule has 0 unspecified atom stereocenters. The summed E-state index contributed by atoms with van der Waals surface area (Å²) in [5, 5.41) is 11.6. The highest BCUT2D eigenvalue weighted by Gasteiger charge is 2.02. The summed E-state index contributed by atoms with van der Waals surface area (Å²) in [4.78, 5) is 12.4. The zero-order valence-electron chi connectivity index (χ0n) is 8.03. The Morgan fingerprint density at radius 2 is 2.31 bits per heavy atom. The largest absolute Gasteiger partial charge is 0.300 e. The number of Topliss-reactive ketones (excluding diaryl/α,β-unsaturated/α-hetero) is 1. The van der Waals surface area contributed by atoms with Crippen LogP contribution in [0.25, 0.3) is 0 Å². The van der Waals surface area contributed by atoms with E-state index in [4.69, 9.17) is 0 Å². The SMILES string of the molecule is CCC(=O)CCCc1nnn(C)n1. The van der Waals surface area contributed by atoms with E-state index in [9.17, 15) is 4.79 Å². The van der Waals surface area contributed by atoms with Gasteiger partial charge in [-0.1, -0.05) is 6.92 Å². The van der Waals surface area contributed by atoms with E-state index in [-0.39, 0.29) is 0 Å². The molecule has 1 rings (SSSR count). The molecule has 0 aliphatic carbocycles. The van der Waals surface area contributed by atoms with Crippen molar-refractivity contribution < 1.29 is 4.79 Å². The van der Waals surface area contributed by atoms with Gasteiger partial charge >= 0.3 is 0 Å². The maximum atomic E-state index is 10.9. The highest BCUT2D eigenvalue weighted by Crippen LogP contribution is 1.99. The lowest BCUT2D eigenvalue weighted by Gasteiger charge is -1.93. The van der Waals surface area contributed by atoms with E-state index in [1.54, 1.807) is 7.05 Å². The van der Waals surface area contributed by atoms with Crippen LogP contribution in [-0.4, -0.2) is 26.0 Å². The summed E-state index contributed by atoms with van der Waals surface area (Å²) in [5.41, 5.74) is 0. The molecule has 0 amide bonds. The minimum atomic E-state index is 0.295. The average Bonchev–Trinajstić information content (AvgIpc) is 2.51. The van der Waals surface area contributed by atoms with Crippen LogP contribution >= 0.6 is 0 Å². The van der Waals surface area contributed by atoms with Crippen LogP contribution in [0, 0.1) is 0 Å². The van der Waals surface area contributed by atoms with Crippen LogP contribution in [0.5, 0.6) is 0 Å². The fraction of sp³-hybridized carbons (Fsp3) is 0.750. The van der Waals surface area contributed by atoms with Gasteiger partial charge in [0, 0.05) is 19.3 Å². The first-order valence-electron chi connectivity index (χ1n) is 4.47. The third kappa shape index (κ3) is 3.31. The first-order valence-corrected chi connectivity index (χ1v) is 4.47. The van der Waals surface area contributed by atoms with Crippen LogP contribution < -0.4 is 0 Å². The molecule has 0 atom stereocenters. The van der Waals surface area contributed by atoms with Crippen molar-refractivity contribution in [1.29, 1.82) is 0 Å². The van der Waals surface area contributed by atoms with Gasteiger partial charge in [0.2, 0.25) is 0 Å². The van der Waals surface area contributed by atoms with Crippen molar-refractivity contribution in [2.75, 3.05) is 0 Å². The molecule has 0 radical (unpaired) electrons. The molecule has 5 nitrogen and oxygen atoms in total. The third-order valence-electron chi connectivity index (χ3n) is 1.80. The van der Waals surface area contributed by atoms with E-state index in [2.05, 4.69) is 15.4 Å². The molecule has 0 saturated heterocycles. The molecule has 1 aromatic rings. The molecule has 0 bridgehead atoms. The summed E-state index contributed by atoms with van der Waals surface area (Å²) < 4.78 is 0. The summed E-state index contributed by atoms with van der Waals surface area (Å²) in [6.07, 6.45) is 2.79. The zero-order valence-corrected chi connectivity index (χ0v) is 8.03. The van der Waals surface area contributed by atoms with Crippen LogP contribution in [0.3, 0.4) is 0 Å². The lowest BCUT2D eigenvalue weighted by molar-refractivity contribution is -0.118. The topological polar surface area (TPSA) is 60.7 Å². The van der Waals surface area contributed by atoms with Crippen molar-refractivity contribution in [2.24, 2.45) is 7.05 Å². The minimum Gasteiger partial charge on any atom is -0.300 e. The number of nitrogens with zero attached hydrogens (tertiary/aromatic N) is 4. The van der Waals surface area contributed by atoms with Crippen molar-refractivity contribution in [3.05, 3.63) is 5.82 Å². The van der Waals surface area contributed by atoms with Gasteiger partial charge in [0.15, 0.2) is 5.82 Å². The van der Waals surface area contributed by atoms with E-state index in [1.165, 1.54) is 4.80 Å². The Labute approximate surface area is 77.1 Å². The molecule has 0 aromatic carbocycles. The van der Waals surface area contributed by atoms with Gasteiger partial charge in [-0.25, -0.2) is 0 Å². The lowest BCUT2D eigenvalue weighted by Crippen LogP contribution is -1.98. The second-order valence-electron chi connectivity index (χ2n) is 2.94. The van der Waals surface area contributed by atoms with Crippen LogP contribution in [0.4, 0.5) is 0 Å². The molecule has 1 heterocycles. The summed E-state index contributed by atoms with van der Waals surface area (Å²) in [5.74, 6) is 1.01. The van der Waals surface area contributed by atoms with Crippen molar-refractivity contribution in [1.82, 2.24) is 20.2 Å². The first-order chi connectivity index (χ1) is 6.22. The summed E-state index contributed by atoms with van der Waals surface area (Å²) >= 11 is 0. The van der Waals surface area contributed by atoms with Gasteiger partial charge in [-0.05, 0) is 11.6 Å². The van der Waals surface area contributed by atoms with Crippen molar-refractivity contribution in [3.8, 4) is 0 Å². The molecule has 0 N–H and O–H groups in total. The number of ketones is 1. The predicted molar refractivity (Wildman–Crippen MR) is 47.0 cm³/mol. The summed E-state index contributed by atoms with van der Waals surface area (Å²) in [6.45, 7) is 1.88. The van der Waals surface area contributed by atoms with Gasteiger partial charge in [0.05, 0.1) is 7.05 Å². The Hall–Kier alpha value is -1.26. The number of aromatic nitrogens is 4. The fourth-order valence-electron chi connectivity index (χ4n) is 1.04. The zero-order chi connectivity index (χ0) is 9.68. The van der Waals surface area contributed by atoms with E-state index in [1.807, 2.05) is 6.92 Å². The van der Waals surface area contributed by atoms with Crippen LogP contribution in [0.2, 0.25) is 0 Å². The monoisotopic (exact) mass is 182 g/mol. The van der Waals surface area contributed by atoms with Gasteiger partial charge in [-0.3, -0.25) is 4.79 Å². The number of carbonyl (C=O) groups excluding carboxylic acids is 1. The van der Waals surface area contributed by atoms with Crippen molar-refractivity contribution >= 4 is 5.78 Å². The molecular weight excluding hydrogens is 168 g/mol. The maximum absolute atomic E-state index is 10.9. The highest BCUT2D eigenvalue weighted by molar-refractivity contribution is 5.77. The molecule has 1 aromatic heterocycles. The second kappa shape index (κ2) is 4.69. The second-order valence-corrected chi connectivity index (χ2v) is 2.94. The Kier molecular flexibility index (Phi) is 3.54. The minimum absolute atomic E-state index is 0.295. The van der Waals surface area contributed by atoms with Crippen LogP contribution in [0.15, 0.2) is 0 Å². The Morgan fingerprint density at radius 3 is 2.85 bits per heavy atom. The number of hydrogen-bond acceptors (Lipinski definition) is 4. The van der Waals surface area contributed by atoms with Gasteiger partial charge < -0.3 is 0 Å². The van der Waals surface area contributed by atoms with E-state index < -0.39 is 0 Å². The molecular formula is C8H14N4O. The Bertz CT molecular complexity index is 281. The molecule has 72 valence electrons. The van der Waals surface area contributed by atoms with Crippen LogP contribution in [0.1, 0.15) is 32.0 Å². The first kappa shape index (κ1) is 9.83. The van der Waals surface area contributed by atoms with Gasteiger partial charge in [0.25, 0.3) is 0 Å². The van der Waals surface area contributed by atoms with Gasteiger partial charge in [-0.2, -0.15) is 4.80 Å². The standard InChI is InChI=1S/C8H14N4O/c1-3-7(13)5-4-6-8-9-11-12(2)10-8/h3-6H2,1-2H3. The molecule has 0 aliphatic rings. The normalized spacial score (nSPS) is 10.3. The Balaban J connectivity index is 2.24. The molecule has 0 spiro atoms. The number of rotatable bonds is 5. The molecule has 0 saturated carbocycles. The number of carbonyl (C=O) groups is 1. The smallest absolute Gasteiger partial charge is 0.174 e. The van der Waals surface area contributed by atoms with E-state index >= 15 is 0 Å². The molecule has 13 heavy (non-hydrogen) atoms. The summed E-state index contributed by atoms with van der Waals surface area (Å²) in [6, 6.07) is 0. The van der Waals surface area contributed by atoms with Crippen molar-refractivity contribution in [3.63, 3.8) is 0 Å². The summed E-state index contributed by atoms with van der Waals surface area (Å²) in [7, 11) is 1.73. The van der Waals surface area contributed by atoms with Crippen molar-refractivity contribution in [2.45, 2.75) is 32.6 Å². The lowest BCUT2D eigenvalue weighted by atomic mass is 10.1. The molecule has 5 heteroatoms. The molecule has 0 fully saturated rings. The fourth-order valence-corrected chi connectivity index (χ4v) is 1.04. The van der Waals surface area contributed by atoms with Crippen LogP contribution in [-0.2, 0) is 18.3 Å². The Morgan fingerprint density at radius 1 is 1.54 bits per heavy atom.